The molecule has 0 spiro atoms. The Bertz CT molecular complexity index is 306. The van der Waals surface area contributed by atoms with Gasteiger partial charge in [-0.15, -0.1) is 0 Å². The van der Waals surface area contributed by atoms with Gasteiger partial charge in [0.15, 0.2) is 0 Å². The minimum absolute atomic E-state index is 0.239. The molecule has 0 amide bonds. The number of ether oxygens (including phenoxy) is 1. The van der Waals surface area contributed by atoms with Crippen LogP contribution in [0.5, 0.6) is 0 Å². The topological polar surface area (TPSA) is 49.8 Å². The summed E-state index contributed by atoms with van der Waals surface area (Å²) in [4.78, 5) is 10.9. The van der Waals surface area contributed by atoms with E-state index in [0.717, 1.165) is 0 Å². The molecule has 0 aliphatic carbocycles. The molecule has 1 aliphatic rings. The molecule has 0 aromatic rings. The first-order valence-electron chi connectivity index (χ1n) is 5.95. The smallest absolute Gasteiger partial charge is 0.404 e. The largest absolute Gasteiger partial charge is 0.450 e. The van der Waals surface area contributed by atoms with Gasteiger partial charge >= 0.3 is 5.43 Å². The van der Waals surface area contributed by atoms with Crippen molar-refractivity contribution in [1.82, 2.24) is 5.06 Å². The Hall–Kier alpha value is -0.320. The number of carbonyl (C=O) groups is 1. The summed E-state index contributed by atoms with van der Waals surface area (Å²) in [5, 5.41) is 11.7. The summed E-state index contributed by atoms with van der Waals surface area (Å²) in [7, 11) is 0. The van der Waals surface area contributed by atoms with Crippen LogP contribution in [0.2, 0.25) is 0 Å². The predicted molar refractivity (Wildman–Crippen MR) is 66.3 cm³/mol. The number of hydrogen-bond donors (Lipinski definition) is 1. The Morgan fingerprint density at radius 3 is 2.35 bits per heavy atom. The quantitative estimate of drug-likeness (QED) is 0.776. The summed E-state index contributed by atoms with van der Waals surface area (Å²) in [6.45, 7) is 9.94. The molecular formula is C12H22ClNO3. The van der Waals surface area contributed by atoms with E-state index >= 15 is 0 Å². The maximum Gasteiger partial charge on any atom is 0.404 e. The van der Waals surface area contributed by atoms with Crippen LogP contribution in [0.4, 0.5) is 4.79 Å². The molecule has 1 rings (SSSR count). The molecule has 4 nitrogen and oxygen atoms in total. The van der Waals surface area contributed by atoms with E-state index in [1.54, 1.807) is 0 Å². The van der Waals surface area contributed by atoms with E-state index in [0.29, 0.717) is 12.8 Å². The van der Waals surface area contributed by atoms with Crippen molar-refractivity contribution in [3.05, 3.63) is 0 Å². The van der Waals surface area contributed by atoms with Crippen molar-refractivity contribution in [1.29, 1.82) is 0 Å². The van der Waals surface area contributed by atoms with Crippen LogP contribution in [-0.2, 0) is 4.74 Å². The predicted octanol–water partition coefficient (Wildman–Crippen LogP) is 3.41. The average Bonchev–Trinajstić information content (AvgIpc) is 2.12. The highest BCUT2D eigenvalue weighted by molar-refractivity contribution is 6.61. The highest BCUT2D eigenvalue weighted by atomic mass is 35.5. The van der Waals surface area contributed by atoms with Crippen LogP contribution in [0.3, 0.4) is 0 Å². The fourth-order valence-corrected chi connectivity index (χ4v) is 2.78. The van der Waals surface area contributed by atoms with Crippen LogP contribution in [0.15, 0.2) is 0 Å². The van der Waals surface area contributed by atoms with E-state index < -0.39 is 16.5 Å². The lowest BCUT2D eigenvalue weighted by Gasteiger charge is -2.54. The van der Waals surface area contributed by atoms with Crippen LogP contribution < -0.4 is 0 Å². The third-order valence-electron chi connectivity index (χ3n) is 3.93. The molecule has 1 N–H and O–H groups in total. The summed E-state index contributed by atoms with van der Waals surface area (Å²) in [6.07, 6.45) is 0.915. The van der Waals surface area contributed by atoms with E-state index in [-0.39, 0.29) is 12.0 Å². The molecule has 1 saturated heterocycles. The molecule has 5 heteroatoms. The minimum atomic E-state index is -0.775. The van der Waals surface area contributed by atoms with Crippen molar-refractivity contribution < 1.29 is 14.7 Å². The van der Waals surface area contributed by atoms with E-state index in [1.165, 1.54) is 5.06 Å². The molecule has 0 aromatic heterocycles. The molecule has 0 bridgehead atoms. The van der Waals surface area contributed by atoms with Crippen molar-refractivity contribution in [2.75, 3.05) is 0 Å². The zero-order valence-corrected chi connectivity index (χ0v) is 11.9. The van der Waals surface area contributed by atoms with Gasteiger partial charge in [-0.3, -0.25) is 0 Å². The Kier molecular flexibility index (Phi) is 4.12. The van der Waals surface area contributed by atoms with Crippen LogP contribution in [0.25, 0.3) is 0 Å². The highest BCUT2D eigenvalue weighted by Gasteiger charge is 2.50. The van der Waals surface area contributed by atoms with Gasteiger partial charge in [0, 0.05) is 35.5 Å². The number of nitrogens with zero attached hydrogens (tertiary/aromatic N) is 1. The third kappa shape index (κ3) is 2.92. The second kappa shape index (κ2) is 4.75. The summed E-state index contributed by atoms with van der Waals surface area (Å²) >= 11 is 5.28. The molecule has 0 saturated carbocycles. The zero-order chi connectivity index (χ0) is 13.4. The number of halogens is 1. The lowest BCUT2D eigenvalue weighted by atomic mass is 9.73. The van der Waals surface area contributed by atoms with Crippen molar-refractivity contribution in [2.24, 2.45) is 5.92 Å². The van der Waals surface area contributed by atoms with Crippen LogP contribution in [0, 0.1) is 5.92 Å². The first kappa shape index (κ1) is 14.7. The van der Waals surface area contributed by atoms with Crippen molar-refractivity contribution in [2.45, 2.75) is 64.6 Å². The Morgan fingerprint density at radius 2 is 1.94 bits per heavy atom. The summed E-state index contributed by atoms with van der Waals surface area (Å²) in [5.74, 6) is 0.239. The normalized spacial score (nSPS) is 33.8. The van der Waals surface area contributed by atoms with Crippen LogP contribution in [0.1, 0.15) is 47.5 Å². The van der Waals surface area contributed by atoms with E-state index in [2.05, 4.69) is 0 Å². The van der Waals surface area contributed by atoms with Gasteiger partial charge in [0.1, 0.15) is 6.10 Å². The van der Waals surface area contributed by atoms with E-state index in [1.807, 2.05) is 34.6 Å². The third-order valence-corrected chi connectivity index (χ3v) is 4.02. The molecule has 1 aliphatic heterocycles. The molecule has 1 heterocycles. The van der Waals surface area contributed by atoms with Crippen LogP contribution >= 0.6 is 11.6 Å². The first-order chi connectivity index (χ1) is 7.59. The molecule has 2 unspecified atom stereocenters. The second-order valence-electron chi connectivity index (χ2n) is 6.02. The second-order valence-corrected chi connectivity index (χ2v) is 6.33. The lowest BCUT2D eigenvalue weighted by molar-refractivity contribution is -0.273. The number of rotatable bonds is 2. The van der Waals surface area contributed by atoms with Gasteiger partial charge < -0.3 is 9.94 Å². The molecule has 17 heavy (non-hydrogen) atoms. The maximum atomic E-state index is 10.9. The lowest BCUT2D eigenvalue weighted by Crippen LogP contribution is -2.64. The minimum Gasteiger partial charge on any atom is -0.450 e. The van der Waals surface area contributed by atoms with Gasteiger partial charge in [0.05, 0.1) is 0 Å². The number of carbonyl (C=O) groups excluding carboxylic acids is 1. The standard InChI is InChI=1S/C12H22ClNO3/c1-8(2)12(5)7-9(17-10(13)15)6-11(3,4)14(12)16/h8-9,16H,6-7H2,1-5H3. The molecule has 0 aromatic carbocycles. The summed E-state index contributed by atoms with van der Waals surface area (Å²) < 4.78 is 5.11. The highest BCUT2D eigenvalue weighted by Crippen LogP contribution is 2.42. The van der Waals surface area contributed by atoms with Gasteiger partial charge in [-0.25, -0.2) is 4.79 Å². The summed E-state index contributed by atoms with van der Waals surface area (Å²) in [6, 6.07) is 0. The fraction of sp³-hybridized carbons (Fsp3) is 0.917. The van der Waals surface area contributed by atoms with Crippen molar-refractivity contribution in [3.63, 3.8) is 0 Å². The molecule has 0 radical (unpaired) electrons. The number of piperidine rings is 1. The molecular weight excluding hydrogens is 242 g/mol. The molecule has 100 valence electrons. The fourth-order valence-electron chi connectivity index (χ4n) is 2.65. The SMILES string of the molecule is CC(C)C1(C)CC(OC(=O)Cl)CC(C)(C)N1O. The van der Waals surface area contributed by atoms with Gasteiger partial charge in [-0.2, -0.15) is 5.06 Å². The number of hydroxylamine groups is 2. The Morgan fingerprint density at radius 1 is 1.41 bits per heavy atom. The van der Waals surface area contributed by atoms with Crippen molar-refractivity contribution >= 4 is 17.0 Å². The first-order valence-corrected chi connectivity index (χ1v) is 6.33. The van der Waals surface area contributed by atoms with Gasteiger partial charge in [-0.05, 0) is 26.7 Å². The van der Waals surface area contributed by atoms with Crippen LogP contribution in [-0.4, -0.2) is 32.9 Å². The molecule has 1 fully saturated rings. The van der Waals surface area contributed by atoms with Gasteiger partial charge in [0.2, 0.25) is 0 Å². The van der Waals surface area contributed by atoms with Gasteiger partial charge in [-0.1, -0.05) is 13.8 Å². The molecule has 2 atom stereocenters. The maximum absolute atomic E-state index is 10.9. The van der Waals surface area contributed by atoms with E-state index in [9.17, 15) is 10.0 Å². The zero-order valence-electron chi connectivity index (χ0n) is 11.2. The summed E-state index contributed by atoms with van der Waals surface area (Å²) in [5.41, 5.74) is -1.63. The monoisotopic (exact) mass is 263 g/mol. The average molecular weight is 264 g/mol. The Balaban J connectivity index is 2.95. The Labute approximate surface area is 108 Å². The van der Waals surface area contributed by atoms with E-state index in [4.69, 9.17) is 16.3 Å². The number of hydrogen-bond acceptors (Lipinski definition) is 4. The van der Waals surface area contributed by atoms with Gasteiger partial charge in [0.25, 0.3) is 0 Å². The van der Waals surface area contributed by atoms with Crippen molar-refractivity contribution in [3.8, 4) is 0 Å².